The maximum absolute atomic E-state index is 5.47. The Kier molecular flexibility index (Phi) is 9.42. The van der Waals surface area contributed by atoms with Crippen LogP contribution in [0.4, 0.5) is 0 Å². The monoisotopic (exact) mass is 299 g/mol. The second kappa shape index (κ2) is 10.9. The molecule has 0 aromatic carbocycles. The second-order valence-electron chi connectivity index (χ2n) is 6.05. The molecule has 1 heterocycles. The summed E-state index contributed by atoms with van der Waals surface area (Å²) < 4.78 is 10.4. The molecule has 1 rings (SSSR count). The third kappa shape index (κ3) is 7.67. The first-order valence-electron chi connectivity index (χ1n) is 8.27. The van der Waals surface area contributed by atoms with Crippen LogP contribution in [0, 0.1) is 11.8 Å². The van der Waals surface area contributed by atoms with Crippen LogP contribution >= 0.6 is 0 Å². The van der Waals surface area contributed by atoms with E-state index in [0.717, 1.165) is 57.0 Å². The fourth-order valence-electron chi connectivity index (χ4n) is 2.86. The average Bonchev–Trinajstić information content (AvgIpc) is 2.44. The van der Waals surface area contributed by atoms with Gasteiger partial charge in [-0.15, -0.1) is 0 Å². The van der Waals surface area contributed by atoms with E-state index in [-0.39, 0.29) is 0 Å². The van der Waals surface area contributed by atoms with E-state index in [9.17, 15) is 0 Å². The fraction of sp³-hybridized carbons (Fsp3) is 0.938. The van der Waals surface area contributed by atoms with Gasteiger partial charge in [0.05, 0.1) is 13.2 Å². The largest absolute Gasteiger partial charge is 0.382 e. The van der Waals surface area contributed by atoms with Crippen LogP contribution in [0.25, 0.3) is 0 Å². The lowest BCUT2D eigenvalue weighted by Crippen LogP contribution is -2.48. The summed E-state index contributed by atoms with van der Waals surface area (Å²) in [6, 6.07) is 0. The minimum absolute atomic E-state index is 0.662. The average molecular weight is 299 g/mol. The lowest BCUT2D eigenvalue weighted by atomic mass is 9.92. The molecule has 0 radical (unpaired) electrons. The van der Waals surface area contributed by atoms with Crippen molar-refractivity contribution in [2.24, 2.45) is 16.8 Å². The van der Waals surface area contributed by atoms with E-state index in [2.05, 4.69) is 31.0 Å². The van der Waals surface area contributed by atoms with Crippen molar-refractivity contribution in [3.8, 4) is 0 Å². The number of hydrogen-bond donors (Lipinski definition) is 1. The van der Waals surface area contributed by atoms with E-state index in [4.69, 9.17) is 14.5 Å². The molecule has 21 heavy (non-hydrogen) atoms. The number of aliphatic imine (C=N–C) groups is 1. The number of guanidine groups is 1. The van der Waals surface area contributed by atoms with Crippen molar-refractivity contribution < 1.29 is 9.47 Å². The first kappa shape index (κ1) is 18.2. The number of hydrogen-bond acceptors (Lipinski definition) is 3. The van der Waals surface area contributed by atoms with Gasteiger partial charge in [0.25, 0.3) is 0 Å². The highest BCUT2D eigenvalue weighted by molar-refractivity contribution is 5.80. The van der Waals surface area contributed by atoms with Crippen molar-refractivity contribution >= 4 is 5.96 Å². The van der Waals surface area contributed by atoms with Crippen LogP contribution in [0.3, 0.4) is 0 Å². The maximum Gasteiger partial charge on any atom is 0.193 e. The molecule has 1 aliphatic rings. The zero-order valence-corrected chi connectivity index (χ0v) is 14.2. The lowest BCUT2D eigenvalue weighted by molar-refractivity contribution is 0.0702. The van der Waals surface area contributed by atoms with Crippen LogP contribution in [0.2, 0.25) is 0 Å². The second-order valence-corrected chi connectivity index (χ2v) is 6.05. The van der Waals surface area contributed by atoms with E-state index >= 15 is 0 Å². The van der Waals surface area contributed by atoms with Crippen LogP contribution in [-0.4, -0.2) is 64.0 Å². The van der Waals surface area contributed by atoms with E-state index in [1.165, 1.54) is 6.42 Å². The third-order valence-electron chi connectivity index (χ3n) is 3.64. The predicted molar refractivity (Wildman–Crippen MR) is 87.8 cm³/mol. The zero-order valence-electron chi connectivity index (χ0n) is 14.2. The number of ether oxygens (including phenoxy) is 2. The van der Waals surface area contributed by atoms with Gasteiger partial charge in [0.1, 0.15) is 0 Å². The van der Waals surface area contributed by atoms with Crippen molar-refractivity contribution in [1.82, 2.24) is 10.2 Å². The molecule has 0 aliphatic carbocycles. The molecule has 1 fully saturated rings. The third-order valence-corrected chi connectivity index (χ3v) is 3.64. The number of methoxy groups -OCH3 is 1. The summed E-state index contributed by atoms with van der Waals surface area (Å²) in [6.45, 7) is 12.8. The predicted octanol–water partition coefficient (Wildman–Crippen LogP) is 1.98. The molecule has 2 unspecified atom stereocenters. The van der Waals surface area contributed by atoms with Crippen molar-refractivity contribution in [3.63, 3.8) is 0 Å². The number of nitrogens with one attached hydrogen (secondary N) is 1. The van der Waals surface area contributed by atoms with E-state index in [1.54, 1.807) is 7.11 Å². The van der Waals surface area contributed by atoms with Gasteiger partial charge in [-0.2, -0.15) is 0 Å². The number of piperidine rings is 1. The molecule has 0 saturated carbocycles. The minimum atomic E-state index is 0.662. The highest BCUT2D eigenvalue weighted by Gasteiger charge is 2.23. The number of nitrogens with zero attached hydrogens (tertiary/aromatic N) is 2. The molecule has 0 aromatic rings. The topological polar surface area (TPSA) is 46.1 Å². The van der Waals surface area contributed by atoms with Crippen molar-refractivity contribution in [1.29, 1.82) is 0 Å². The molecule has 0 amide bonds. The molecular formula is C16H33N3O2. The normalized spacial score (nSPS) is 23.4. The first-order chi connectivity index (χ1) is 10.2. The minimum Gasteiger partial charge on any atom is -0.382 e. The molecule has 5 heteroatoms. The summed E-state index contributed by atoms with van der Waals surface area (Å²) in [5, 5.41) is 3.42. The van der Waals surface area contributed by atoms with Crippen molar-refractivity contribution in [3.05, 3.63) is 0 Å². The Balaban J connectivity index is 2.35. The molecule has 5 nitrogen and oxygen atoms in total. The summed E-state index contributed by atoms with van der Waals surface area (Å²) in [7, 11) is 1.69. The van der Waals surface area contributed by atoms with Gasteiger partial charge in [0.2, 0.25) is 0 Å². The molecule has 2 atom stereocenters. The maximum atomic E-state index is 5.47. The molecular weight excluding hydrogens is 266 g/mol. The Morgan fingerprint density at radius 1 is 1.19 bits per heavy atom. The molecule has 0 aromatic heterocycles. The molecule has 124 valence electrons. The zero-order chi connectivity index (χ0) is 15.5. The Morgan fingerprint density at radius 3 is 2.52 bits per heavy atom. The number of likely N-dealkylation sites (tertiary alicyclic amines) is 1. The molecule has 1 saturated heterocycles. The fourth-order valence-corrected chi connectivity index (χ4v) is 2.86. The van der Waals surface area contributed by atoms with Crippen LogP contribution in [0.15, 0.2) is 4.99 Å². The van der Waals surface area contributed by atoms with Gasteiger partial charge in [-0.25, -0.2) is 0 Å². The summed E-state index contributed by atoms with van der Waals surface area (Å²) >= 11 is 0. The molecule has 1 N–H and O–H groups in total. The highest BCUT2D eigenvalue weighted by atomic mass is 16.5. The van der Waals surface area contributed by atoms with Gasteiger partial charge in [-0.05, 0) is 31.6 Å². The van der Waals surface area contributed by atoms with Gasteiger partial charge in [-0.3, -0.25) is 4.99 Å². The quantitative estimate of drug-likeness (QED) is 0.423. The Hall–Kier alpha value is -0.810. The Bertz CT molecular complexity index is 287. The van der Waals surface area contributed by atoms with Crippen LogP contribution < -0.4 is 5.32 Å². The summed E-state index contributed by atoms with van der Waals surface area (Å²) in [5.74, 6) is 2.55. The highest BCUT2D eigenvalue weighted by Crippen LogP contribution is 2.20. The van der Waals surface area contributed by atoms with Crippen molar-refractivity contribution in [2.75, 3.05) is 53.1 Å². The van der Waals surface area contributed by atoms with Crippen LogP contribution in [0.5, 0.6) is 0 Å². The SMILES string of the molecule is CCNC(=NCCCOCCOC)N1CC(C)CC(C)C1. The standard InChI is InChI=1S/C16H33N3O2/c1-5-17-16(18-7-6-8-21-10-9-20-4)19-12-14(2)11-15(3)13-19/h14-15H,5-13H2,1-4H3,(H,17,18). The smallest absolute Gasteiger partial charge is 0.193 e. The van der Waals surface area contributed by atoms with Crippen LogP contribution in [0.1, 0.15) is 33.6 Å². The van der Waals surface area contributed by atoms with Gasteiger partial charge in [0, 0.05) is 39.9 Å². The van der Waals surface area contributed by atoms with Crippen molar-refractivity contribution in [2.45, 2.75) is 33.6 Å². The molecule has 0 bridgehead atoms. The summed E-state index contributed by atoms with van der Waals surface area (Å²) in [4.78, 5) is 7.15. The summed E-state index contributed by atoms with van der Waals surface area (Å²) in [6.07, 6.45) is 2.28. The van der Waals surface area contributed by atoms with Crippen LogP contribution in [-0.2, 0) is 9.47 Å². The first-order valence-corrected chi connectivity index (χ1v) is 8.27. The van der Waals surface area contributed by atoms with Gasteiger partial charge in [-0.1, -0.05) is 13.8 Å². The molecule has 0 spiro atoms. The Morgan fingerprint density at radius 2 is 1.90 bits per heavy atom. The Labute approximate surface area is 130 Å². The van der Waals surface area contributed by atoms with Gasteiger partial charge >= 0.3 is 0 Å². The lowest BCUT2D eigenvalue weighted by Gasteiger charge is -2.37. The van der Waals surface area contributed by atoms with E-state index in [1.807, 2.05) is 0 Å². The summed E-state index contributed by atoms with van der Waals surface area (Å²) in [5.41, 5.74) is 0. The van der Waals surface area contributed by atoms with Gasteiger partial charge in [0.15, 0.2) is 5.96 Å². The number of rotatable bonds is 8. The van der Waals surface area contributed by atoms with Gasteiger partial charge < -0.3 is 19.7 Å². The van der Waals surface area contributed by atoms with E-state index in [0.29, 0.717) is 13.2 Å². The molecule has 1 aliphatic heterocycles. The van der Waals surface area contributed by atoms with E-state index < -0.39 is 0 Å².